The standard InChI is InChI=1S/C15H17NO4/c1-19-15(18)11-5-6-13-12(7-11)16(14(17)9-20-13)8-10-3-2-4-10/h5-7,10H,2-4,8-9H2,1H3. The van der Waals surface area contributed by atoms with Crippen molar-refractivity contribution in [3.8, 4) is 5.75 Å². The van der Waals surface area contributed by atoms with Crippen molar-refractivity contribution in [1.29, 1.82) is 0 Å². The molecular weight excluding hydrogens is 258 g/mol. The van der Waals surface area contributed by atoms with Crippen LogP contribution in [0.4, 0.5) is 5.69 Å². The van der Waals surface area contributed by atoms with E-state index in [1.54, 1.807) is 23.1 Å². The van der Waals surface area contributed by atoms with Gasteiger partial charge in [-0.05, 0) is 37.0 Å². The first-order chi connectivity index (χ1) is 9.69. The molecule has 20 heavy (non-hydrogen) atoms. The first kappa shape index (κ1) is 13.0. The second-order valence-corrected chi connectivity index (χ2v) is 5.26. The van der Waals surface area contributed by atoms with Crippen molar-refractivity contribution in [3.05, 3.63) is 23.8 Å². The number of ether oxygens (including phenoxy) is 2. The van der Waals surface area contributed by atoms with Crippen LogP contribution in [0.25, 0.3) is 0 Å². The number of carbonyl (C=O) groups is 2. The van der Waals surface area contributed by atoms with Crippen LogP contribution in [0, 0.1) is 5.92 Å². The van der Waals surface area contributed by atoms with E-state index in [1.807, 2.05) is 0 Å². The van der Waals surface area contributed by atoms with E-state index >= 15 is 0 Å². The molecule has 3 rings (SSSR count). The van der Waals surface area contributed by atoms with E-state index in [1.165, 1.54) is 13.5 Å². The van der Waals surface area contributed by atoms with Gasteiger partial charge in [0.25, 0.3) is 5.91 Å². The summed E-state index contributed by atoms with van der Waals surface area (Å²) in [6.45, 7) is 0.775. The molecule has 1 aromatic rings. The highest BCUT2D eigenvalue weighted by molar-refractivity contribution is 6.00. The van der Waals surface area contributed by atoms with Crippen LogP contribution in [0.1, 0.15) is 29.6 Å². The van der Waals surface area contributed by atoms with Crippen LogP contribution in [0.2, 0.25) is 0 Å². The van der Waals surface area contributed by atoms with E-state index in [0.717, 1.165) is 12.8 Å². The van der Waals surface area contributed by atoms with Crippen LogP contribution < -0.4 is 9.64 Å². The summed E-state index contributed by atoms with van der Waals surface area (Å²) in [4.78, 5) is 25.4. The van der Waals surface area contributed by atoms with Crippen LogP contribution in [0.5, 0.6) is 5.75 Å². The molecule has 0 saturated heterocycles. The second kappa shape index (κ2) is 5.15. The van der Waals surface area contributed by atoms with E-state index in [9.17, 15) is 9.59 Å². The molecule has 1 amide bonds. The zero-order valence-electron chi connectivity index (χ0n) is 11.4. The summed E-state index contributed by atoms with van der Waals surface area (Å²) in [7, 11) is 1.34. The van der Waals surface area contributed by atoms with Crippen LogP contribution in [0.15, 0.2) is 18.2 Å². The Kier molecular flexibility index (Phi) is 3.34. The van der Waals surface area contributed by atoms with Gasteiger partial charge in [0, 0.05) is 6.54 Å². The number of rotatable bonds is 3. The molecule has 0 atom stereocenters. The molecule has 0 spiro atoms. The lowest BCUT2D eigenvalue weighted by atomic mass is 9.85. The number of hydrogen-bond donors (Lipinski definition) is 0. The number of carbonyl (C=O) groups excluding carboxylic acids is 2. The fourth-order valence-electron chi connectivity index (χ4n) is 2.58. The van der Waals surface area contributed by atoms with Crippen molar-refractivity contribution < 1.29 is 19.1 Å². The molecule has 1 fully saturated rings. The Morgan fingerprint density at radius 3 is 2.90 bits per heavy atom. The molecule has 1 aromatic carbocycles. The van der Waals surface area contributed by atoms with Crippen LogP contribution >= 0.6 is 0 Å². The molecule has 0 bridgehead atoms. The van der Waals surface area contributed by atoms with Crippen molar-refractivity contribution in [2.75, 3.05) is 25.2 Å². The number of anilines is 1. The Bertz CT molecular complexity index is 551. The average molecular weight is 275 g/mol. The Hall–Kier alpha value is -2.04. The molecule has 1 saturated carbocycles. The fraction of sp³-hybridized carbons (Fsp3) is 0.467. The zero-order valence-corrected chi connectivity index (χ0v) is 11.4. The summed E-state index contributed by atoms with van der Waals surface area (Å²) in [5.41, 5.74) is 1.11. The zero-order chi connectivity index (χ0) is 14.1. The highest BCUT2D eigenvalue weighted by Gasteiger charge is 2.30. The van der Waals surface area contributed by atoms with Gasteiger partial charge < -0.3 is 14.4 Å². The Morgan fingerprint density at radius 2 is 2.25 bits per heavy atom. The van der Waals surface area contributed by atoms with Gasteiger partial charge in [-0.25, -0.2) is 4.79 Å². The molecule has 0 N–H and O–H groups in total. The minimum atomic E-state index is -0.408. The van der Waals surface area contributed by atoms with Gasteiger partial charge in [0.1, 0.15) is 5.75 Å². The van der Waals surface area contributed by atoms with Gasteiger partial charge in [-0.1, -0.05) is 6.42 Å². The topological polar surface area (TPSA) is 55.8 Å². The molecule has 1 heterocycles. The Morgan fingerprint density at radius 1 is 1.45 bits per heavy atom. The molecular formula is C15H17NO4. The number of methoxy groups -OCH3 is 1. The molecule has 0 aromatic heterocycles. The van der Waals surface area contributed by atoms with Crippen molar-refractivity contribution in [1.82, 2.24) is 0 Å². The number of amides is 1. The minimum absolute atomic E-state index is 0.0496. The van der Waals surface area contributed by atoms with Crippen molar-refractivity contribution >= 4 is 17.6 Å². The van der Waals surface area contributed by atoms with Gasteiger partial charge in [-0.2, -0.15) is 0 Å². The highest BCUT2D eigenvalue weighted by Crippen LogP contribution is 2.36. The fourth-order valence-corrected chi connectivity index (χ4v) is 2.58. The summed E-state index contributed by atoms with van der Waals surface area (Å²) in [5.74, 6) is 0.754. The number of benzene rings is 1. The van der Waals surface area contributed by atoms with Gasteiger partial charge in [0.05, 0.1) is 18.4 Å². The van der Waals surface area contributed by atoms with E-state index in [0.29, 0.717) is 29.5 Å². The van der Waals surface area contributed by atoms with E-state index in [-0.39, 0.29) is 12.5 Å². The van der Waals surface area contributed by atoms with Gasteiger partial charge in [-0.3, -0.25) is 4.79 Å². The molecule has 5 nitrogen and oxygen atoms in total. The second-order valence-electron chi connectivity index (χ2n) is 5.26. The third-order valence-corrected chi connectivity index (χ3v) is 3.99. The number of esters is 1. The third kappa shape index (κ3) is 2.24. The van der Waals surface area contributed by atoms with E-state index < -0.39 is 5.97 Å². The molecule has 1 aliphatic heterocycles. The molecule has 0 radical (unpaired) electrons. The first-order valence-corrected chi connectivity index (χ1v) is 6.84. The minimum Gasteiger partial charge on any atom is -0.482 e. The van der Waals surface area contributed by atoms with Gasteiger partial charge in [-0.15, -0.1) is 0 Å². The average Bonchev–Trinajstić information content (AvgIpc) is 2.43. The summed E-state index contributed by atoms with van der Waals surface area (Å²) in [5, 5.41) is 0. The number of nitrogens with zero attached hydrogens (tertiary/aromatic N) is 1. The van der Waals surface area contributed by atoms with Crippen LogP contribution in [-0.2, 0) is 9.53 Å². The normalized spacial score (nSPS) is 18.1. The van der Waals surface area contributed by atoms with Crippen molar-refractivity contribution in [3.63, 3.8) is 0 Å². The van der Waals surface area contributed by atoms with Gasteiger partial charge >= 0.3 is 5.97 Å². The highest BCUT2D eigenvalue weighted by atomic mass is 16.5. The van der Waals surface area contributed by atoms with Gasteiger partial charge in [0.2, 0.25) is 0 Å². The molecule has 0 unspecified atom stereocenters. The van der Waals surface area contributed by atoms with Crippen molar-refractivity contribution in [2.45, 2.75) is 19.3 Å². The lowest BCUT2D eigenvalue weighted by Gasteiger charge is -2.35. The van der Waals surface area contributed by atoms with Crippen LogP contribution in [-0.4, -0.2) is 32.1 Å². The molecule has 1 aliphatic carbocycles. The van der Waals surface area contributed by atoms with E-state index in [2.05, 4.69) is 0 Å². The maximum atomic E-state index is 12.1. The first-order valence-electron chi connectivity index (χ1n) is 6.84. The maximum Gasteiger partial charge on any atom is 0.337 e. The Balaban J connectivity index is 1.92. The summed E-state index contributed by atoms with van der Waals surface area (Å²) in [6, 6.07) is 5.06. The quantitative estimate of drug-likeness (QED) is 0.792. The predicted octanol–water partition coefficient (Wildman–Crippen LogP) is 2.00. The largest absolute Gasteiger partial charge is 0.482 e. The summed E-state index contributed by atoms with van der Waals surface area (Å²) in [6.07, 6.45) is 3.56. The third-order valence-electron chi connectivity index (χ3n) is 3.99. The van der Waals surface area contributed by atoms with E-state index in [4.69, 9.17) is 9.47 Å². The van der Waals surface area contributed by atoms with Crippen molar-refractivity contribution in [2.24, 2.45) is 5.92 Å². The number of fused-ring (bicyclic) bond motifs is 1. The summed E-state index contributed by atoms with van der Waals surface area (Å²) >= 11 is 0. The van der Waals surface area contributed by atoms with Gasteiger partial charge in [0.15, 0.2) is 6.61 Å². The number of hydrogen-bond acceptors (Lipinski definition) is 4. The monoisotopic (exact) mass is 275 g/mol. The molecule has 2 aliphatic rings. The lowest BCUT2D eigenvalue weighted by Crippen LogP contribution is -2.43. The lowest BCUT2D eigenvalue weighted by molar-refractivity contribution is -0.121. The SMILES string of the molecule is COC(=O)c1ccc2c(c1)N(CC1CCC1)C(=O)CO2. The predicted molar refractivity (Wildman–Crippen MR) is 73.0 cm³/mol. The maximum absolute atomic E-state index is 12.1. The Labute approximate surface area is 117 Å². The smallest absolute Gasteiger partial charge is 0.337 e. The molecule has 106 valence electrons. The van der Waals surface area contributed by atoms with Crippen LogP contribution in [0.3, 0.4) is 0 Å². The molecule has 5 heteroatoms. The summed E-state index contributed by atoms with van der Waals surface area (Å²) < 4.78 is 10.1.